The fraction of sp³-hybridized carbons (Fsp3) is 0.125. The van der Waals surface area contributed by atoms with E-state index in [0.717, 1.165) is 11.1 Å². The van der Waals surface area contributed by atoms with Crippen LogP contribution in [0, 0.1) is 6.92 Å². The molecule has 1 heterocycles. The average Bonchev–Trinajstić information content (AvgIpc) is 2.76. The first-order valence-electron chi connectivity index (χ1n) is 9.48. The number of ketones is 1. The van der Waals surface area contributed by atoms with Crippen LogP contribution in [0.1, 0.15) is 21.5 Å². The van der Waals surface area contributed by atoms with Crippen molar-refractivity contribution in [2.75, 3.05) is 18.0 Å². The molecule has 4 rings (SSSR count). The molecule has 152 valence electrons. The molecule has 0 amide bonds. The first-order valence-corrected chi connectivity index (χ1v) is 10.9. The van der Waals surface area contributed by atoms with E-state index in [2.05, 4.69) is 0 Å². The summed E-state index contributed by atoms with van der Waals surface area (Å²) >= 11 is 0. The number of carbonyl (C=O) groups excluding carboxylic acids is 1. The minimum absolute atomic E-state index is 0.0384. The van der Waals surface area contributed by atoms with Crippen LogP contribution in [0.3, 0.4) is 0 Å². The second-order valence-corrected chi connectivity index (χ2v) is 8.98. The predicted octanol–water partition coefficient (Wildman–Crippen LogP) is 4.48. The number of Topliss-reactive ketones (excluding diaryl/α,β-unsaturated/α-hetero) is 1. The monoisotopic (exact) mass is 419 g/mol. The van der Waals surface area contributed by atoms with Gasteiger partial charge in [0.15, 0.2) is 5.78 Å². The third-order valence-electron chi connectivity index (χ3n) is 5.07. The van der Waals surface area contributed by atoms with Crippen LogP contribution in [0.15, 0.2) is 83.3 Å². The van der Waals surface area contributed by atoms with Crippen LogP contribution in [0.5, 0.6) is 5.75 Å². The second-order valence-electron chi connectivity index (χ2n) is 7.12. The van der Waals surface area contributed by atoms with Gasteiger partial charge in [-0.15, -0.1) is 0 Å². The van der Waals surface area contributed by atoms with Crippen molar-refractivity contribution < 1.29 is 17.9 Å². The van der Waals surface area contributed by atoms with Gasteiger partial charge >= 0.3 is 0 Å². The van der Waals surface area contributed by atoms with Crippen LogP contribution in [0.4, 0.5) is 5.69 Å². The van der Waals surface area contributed by atoms with E-state index in [9.17, 15) is 13.2 Å². The summed E-state index contributed by atoms with van der Waals surface area (Å²) in [5, 5.41) is 0. The number of sulfonamides is 1. The lowest BCUT2D eigenvalue weighted by Crippen LogP contribution is -2.38. The maximum atomic E-state index is 13.5. The van der Waals surface area contributed by atoms with Gasteiger partial charge in [0.2, 0.25) is 0 Å². The summed E-state index contributed by atoms with van der Waals surface area (Å²) in [5.74, 6) is 0.291. The summed E-state index contributed by atoms with van der Waals surface area (Å²) in [7, 11) is -2.35. The minimum atomic E-state index is -3.86. The molecule has 3 aromatic carbocycles. The fourth-order valence-corrected chi connectivity index (χ4v) is 4.90. The highest BCUT2D eigenvalue weighted by atomic mass is 32.2. The molecule has 1 aliphatic rings. The molecule has 6 heteroatoms. The number of nitrogens with zero attached hydrogens (tertiary/aromatic N) is 1. The molecule has 30 heavy (non-hydrogen) atoms. The number of hydrogen-bond donors (Lipinski definition) is 0. The highest BCUT2D eigenvalue weighted by molar-refractivity contribution is 7.92. The number of benzene rings is 3. The molecule has 0 radical (unpaired) electrons. The van der Waals surface area contributed by atoms with E-state index < -0.39 is 10.0 Å². The van der Waals surface area contributed by atoms with Gasteiger partial charge in [-0.3, -0.25) is 9.10 Å². The van der Waals surface area contributed by atoms with Crippen molar-refractivity contribution in [1.29, 1.82) is 0 Å². The molecular weight excluding hydrogens is 398 g/mol. The molecule has 0 atom stereocenters. The van der Waals surface area contributed by atoms with Crippen molar-refractivity contribution in [3.8, 4) is 5.75 Å². The van der Waals surface area contributed by atoms with Gasteiger partial charge in [-0.1, -0.05) is 48.0 Å². The van der Waals surface area contributed by atoms with E-state index in [0.29, 0.717) is 22.6 Å². The summed E-state index contributed by atoms with van der Waals surface area (Å²) in [6.45, 7) is 1.86. The molecule has 0 unspecified atom stereocenters. The van der Waals surface area contributed by atoms with Gasteiger partial charge < -0.3 is 4.74 Å². The topological polar surface area (TPSA) is 63.7 Å². The van der Waals surface area contributed by atoms with Gasteiger partial charge in [-0.05, 0) is 48.9 Å². The maximum absolute atomic E-state index is 13.5. The van der Waals surface area contributed by atoms with Gasteiger partial charge in [0.05, 0.1) is 29.8 Å². The SMILES string of the molecule is COc1ccc2c(c1)C(=O)C(=Cc1ccccc1)CN2S(=O)(=O)c1ccc(C)cc1. The van der Waals surface area contributed by atoms with Gasteiger partial charge in [0, 0.05) is 5.57 Å². The molecule has 0 aromatic heterocycles. The van der Waals surface area contributed by atoms with E-state index in [1.54, 1.807) is 48.5 Å². The molecule has 0 saturated heterocycles. The smallest absolute Gasteiger partial charge is 0.264 e. The Hall–Kier alpha value is -3.38. The predicted molar refractivity (Wildman–Crippen MR) is 117 cm³/mol. The Labute approximate surface area is 176 Å². The van der Waals surface area contributed by atoms with E-state index in [-0.39, 0.29) is 17.2 Å². The average molecular weight is 420 g/mol. The van der Waals surface area contributed by atoms with Crippen molar-refractivity contribution in [1.82, 2.24) is 0 Å². The number of fused-ring (bicyclic) bond motifs is 1. The number of anilines is 1. The summed E-state index contributed by atoms with van der Waals surface area (Å²) in [5.41, 5.74) is 2.86. The normalized spacial score (nSPS) is 15.2. The van der Waals surface area contributed by atoms with Crippen LogP contribution >= 0.6 is 0 Å². The Balaban J connectivity index is 1.87. The van der Waals surface area contributed by atoms with Crippen molar-refractivity contribution in [2.45, 2.75) is 11.8 Å². The molecular formula is C24H21NO4S. The Kier molecular flexibility index (Phi) is 5.18. The van der Waals surface area contributed by atoms with E-state index in [1.165, 1.54) is 11.4 Å². The summed E-state index contributed by atoms with van der Waals surface area (Å²) < 4.78 is 33.5. The molecule has 5 nitrogen and oxygen atoms in total. The Bertz CT molecular complexity index is 1230. The van der Waals surface area contributed by atoms with Gasteiger partial charge in [-0.25, -0.2) is 8.42 Å². The van der Waals surface area contributed by atoms with Gasteiger partial charge in [0.1, 0.15) is 5.75 Å². The molecule has 3 aromatic rings. The van der Waals surface area contributed by atoms with E-state index >= 15 is 0 Å². The zero-order valence-electron chi connectivity index (χ0n) is 16.7. The fourth-order valence-electron chi connectivity index (χ4n) is 3.44. The third kappa shape index (κ3) is 3.62. The number of methoxy groups -OCH3 is 1. The molecule has 0 spiro atoms. The number of ether oxygens (including phenoxy) is 1. The summed E-state index contributed by atoms with van der Waals surface area (Å²) in [6.07, 6.45) is 1.74. The quantitative estimate of drug-likeness (QED) is 0.585. The van der Waals surface area contributed by atoms with Crippen LogP contribution in [-0.2, 0) is 10.0 Å². The number of carbonyl (C=O) groups is 1. The number of rotatable bonds is 4. The van der Waals surface area contributed by atoms with Gasteiger partial charge in [-0.2, -0.15) is 0 Å². The van der Waals surface area contributed by atoms with Crippen LogP contribution in [-0.4, -0.2) is 27.9 Å². The zero-order valence-corrected chi connectivity index (χ0v) is 17.5. The van der Waals surface area contributed by atoms with Crippen LogP contribution in [0.25, 0.3) is 6.08 Å². The van der Waals surface area contributed by atoms with Crippen molar-refractivity contribution in [2.24, 2.45) is 0 Å². The Morgan fingerprint density at radius 1 is 0.967 bits per heavy atom. The molecule has 0 saturated carbocycles. The zero-order chi connectivity index (χ0) is 21.3. The number of aryl methyl sites for hydroxylation is 1. The maximum Gasteiger partial charge on any atom is 0.264 e. The van der Waals surface area contributed by atoms with Crippen molar-refractivity contribution >= 4 is 27.6 Å². The molecule has 0 aliphatic carbocycles. The lowest BCUT2D eigenvalue weighted by molar-refractivity contribution is 0.103. The Morgan fingerprint density at radius 2 is 1.67 bits per heavy atom. The number of hydrogen-bond acceptors (Lipinski definition) is 4. The molecule has 0 N–H and O–H groups in total. The van der Waals surface area contributed by atoms with E-state index in [1.807, 2.05) is 37.3 Å². The van der Waals surface area contributed by atoms with E-state index in [4.69, 9.17) is 4.74 Å². The van der Waals surface area contributed by atoms with Crippen LogP contribution < -0.4 is 9.04 Å². The third-order valence-corrected chi connectivity index (χ3v) is 6.85. The highest BCUT2D eigenvalue weighted by Gasteiger charge is 2.35. The molecule has 0 bridgehead atoms. The lowest BCUT2D eigenvalue weighted by Gasteiger charge is -2.31. The lowest BCUT2D eigenvalue weighted by atomic mass is 9.95. The minimum Gasteiger partial charge on any atom is -0.497 e. The largest absolute Gasteiger partial charge is 0.497 e. The molecule has 0 fully saturated rings. The first kappa shape index (κ1) is 19.9. The first-order chi connectivity index (χ1) is 14.4. The summed E-state index contributed by atoms with van der Waals surface area (Å²) in [6, 6.07) is 21.0. The summed E-state index contributed by atoms with van der Waals surface area (Å²) in [4.78, 5) is 13.4. The van der Waals surface area contributed by atoms with Crippen molar-refractivity contribution in [3.63, 3.8) is 0 Å². The standard InChI is InChI=1S/C24H21NO4S/c1-17-8-11-21(12-9-17)30(27,28)25-16-19(14-18-6-4-3-5-7-18)24(26)22-15-20(29-2)10-13-23(22)25/h3-15H,16H2,1-2H3. The van der Waals surface area contributed by atoms with Crippen LogP contribution in [0.2, 0.25) is 0 Å². The Morgan fingerprint density at radius 3 is 2.33 bits per heavy atom. The van der Waals surface area contributed by atoms with Gasteiger partial charge in [0.25, 0.3) is 10.0 Å². The molecule has 1 aliphatic heterocycles. The highest BCUT2D eigenvalue weighted by Crippen LogP contribution is 2.36. The second kappa shape index (κ2) is 7.80. The van der Waals surface area contributed by atoms with Crippen molar-refractivity contribution in [3.05, 3.63) is 95.1 Å².